The largest absolute Gasteiger partial charge is 0.421 e. The van der Waals surface area contributed by atoms with Gasteiger partial charge in [0.1, 0.15) is 16.7 Å². The van der Waals surface area contributed by atoms with Crippen molar-refractivity contribution in [3.8, 4) is 11.4 Å². The molecule has 5 heteroatoms. The Kier molecular flexibility index (Phi) is 3.74. The second-order valence-corrected chi connectivity index (χ2v) is 5.70. The molecule has 0 unspecified atom stereocenters. The average Bonchev–Trinajstić information content (AvgIpc) is 3.06. The van der Waals surface area contributed by atoms with Gasteiger partial charge in [-0.15, -0.1) is 15.0 Å². The molecule has 0 saturated heterocycles. The number of aryl methyl sites for hydroxylation is 1. The molecule has 25 heavy (non-hydrogen) atoms. The fraction of sp³-hybridized carbons (Fsp3) is 0.0500. The number of benzene rings is 3. The van der Waals surface area contributed by atoms with Gasteiger partial charge in [-0.25, -0.2) is 4.79 Å². The van der Waals surface area contributed by atoms with Crippen molar-refractivity contribution in [1.82, 2.24) is 15.0 Å². The van der Waals surface area contributed by atoms with Crippen LogP contribution in [0.3, 0.4) is 0 Å². The Morgan fingerprint density at radius 3 is 2.20 bits per heavy atom. The van der Waals surface area contributed by atoms with Crippen LogP contribution in [0, 0.1) is 6.92 Å². The van der Waals surface area contributed by atoms with Crippen LogP contribution in [0.2, 0.25) is 0 Å². The molecule has 1 heterocycles. The van der Waals surface area contributed by atoms with Crippen LogP contribution in [-0.4, -0.2) is 21.0 Å². The Labute approximate surface area is 144 Å². The van der Waals surface area contributed by atoms with E-state index in [0.717, 1.165) is 16.6 Å². The van der Waals surface area contributed by atoms with E-state index in [0.29, 0.717) is 17.0 Å². The number of esters is 1. The first kappa shape index (κ1) is 15.1. The molecule has 3 aromatic carbocycles. The fourth-order valence-electron chi connectivity index (χ4n) is 2.57. The molecule has 4 rings (SSSR count). The molecular weight excluding hydrogens is 314 g/mol. The zero-order valence-corrected chi connectivity index (χ0v) is 13.6. The molecule has 5 nitrogen and oxygen atoms in total. The summed E-state index contributed by atoms with van der Waals surface area (Å²) in [6.07, 6.45) is 0. The molecule has 0 radical (unpaired) electrons. The Bertz CT molecular complexity index is 1020. The van der Waals surface area contributed by atoms with Crippen LogP contribution >= 0.6 is 0 Å². The van der Waals surface area contributed by atoms with E-state index < -0.39 is 5.97 Å². The molecule has 0 aliphatic carbocycles. The molecule has 0 aliphatic heterocycles. The van der Waals surface area contributed by atoms with E-state index in [1.165, 1.54) is 4.80 Å². The van der Waals surface area contributed by atoms with E-state index in [1.807, 2.05) is 55.5 Å². The van der Waals surface area contributed by atoms with Crippen LogP contribution in [0.25, 0.3) is 16.7 Å². The number of carbonyl (C=O) groups excluding carboxylic acids is 1. The summed E-state index contributed by atoms with van der Waals surface area (Å²) in [5.74, 6) is 0.0123. The van der Waals surface area contributed by atoms with Crippen molar-refractivity contribution >= 4 is 17.0 Å². The van der Waals surface area contributed by atoms with E-state index in [4.69, 9.17) is 4.74 Å². The second-order valence-electron chi connectivity index (χ2n) is 5.70. The predicted molar refractivity (Wildman–Crippen MR) is 95.0 cm³/mol. The highest BCUT2D eigenvalue weighted by molar-refractivity contribution is 5.91. The number of carbonyl (C=O) groups is 1. The fourth-order valence-corrected chi connectivity index (χ4v) is 2.57. The lowest BCUT2D eigenvalue weighted by Crippen LogP contribution is -2.11. The van der Waals surface area contributed by atoms with Crippen molar-refractivity contribution in [2.24, 2.45) is 0 Å². The van der Waals surface area contributed by atoms with Crippen LogP contribution in [0.5, 0.6) is 5.75 Å². The molecule has 4 aromatic rings. The summed E-state index contributed by atoms with van der Waals surface area (Å²) in [5, 5.41) is 8.94. The monoisotopic (exact) mass is 329 g/mol. The molecular formula is C20H15N3O2. The number of hydrogen-bond acceptors (Lipinski definition) is 4. The summed E-state index contributed by atoms with van der Waals surface area (Å²) in [6, 6.07) is 22.1. The molecule has 0 saturated carbocycles. The summed E-state index contributed by atoms with van der Waals surface area (Å²) in [4.78, 5) is 13.9. The van der Waals surface area contributed by atoms with Gasteiger partial charge in [0.2, 0.25) is 0 Å². The summed E-state index contributed by atoms with van der Waals surface area (Å²) in [5.41, 5.74) is 3.66. The van der Waals surface area contributed by atoms with Gasteiger partial charge in [0, 0.05) is 0 Å². The van der Waals surface area contributed by atoms with Gasteiger partial charge in [-0.05, 0) is 48.9 Å². The number of ether oxygens (including phenoxy) is 1. The Morgan fingerprint density at radius 1 is 0.880 bits per heavy atom. The molecule has 0 bridgehead atoms. The lowest BCUT2D eigenvalue weighted by molar-refractivity contribution is 0.0734. The van der Waals surface area contributed by atoms with Crippen molar-refractivity contribution in [2.75, 3.05) is 0 Å². The third kappa shape index (κ3) is 2.99. The topological polar surface area (TPSA) is 57.0 Å². The SMILES string of the molecule is Cc1ccc(-n2nc3ccccc3n2)c(OC(=O)c2ccccc2)c1. The maximum atomic E-state index is 12.4. The van der Waals surface area contributed by atoms with Gasteiger partial charge in [-0.2, -0.15) is 0 Å². The Morgan fingerprint density at radius 2 is 1.52 bits per heavy atom. The van der Waals surface area contributed by atoms with Crippen molar-refractivity contribution in [3.63, 3.8) is 0 Å². The standard InChI is InChI=1S/C20H15N3O2/c1-14-11-12-18(23-21-16-9-5-6-10-17(16)22-23)19(13-14)25-20(24)15-7-3-2-4-8-15/h2-13H,1H3. The van der Waals surface area contributed by atoms with Gasteiger partial charge in [-0.3, -0.25) is 0 Å². The van der Waals surface area contributed by atoms with E-state index in [9.17, 15) is 4.79 Å². The summed E-state index contributed by atoms with van der Waals surface area (Å²) < 4.78 is 5.62. The van der Waals surface area contributed by atoms with E-state index >= 15 is 0 Å². The maximum absolute atomic E-state index is 12.4. The summed E-state index contributed by atoms with van der Waals surface area (Å²) in [7, 11) is 0. The molecule has 0 atom stereocenters. The van der Waals surface area contributed by atoms with Crippen molar-refractivity contribution in [2.45, 2.75) is 6.92 Å². The van der Waals surface area contributed by atoms with Gasteiger partial charge in [-0.1, -0.05) is 36.4 Å². The summed E-state index contributed by atoms with van der Waals surface area (Å²) >= 11 is 0. The Hall–Kier alpha value is -3.47. The average molecular weight is 329 g/mol. The van der Waals surface area contributed by atoms with Crippen molar-refractivity contribution < 1.29 is 9.53 Å². The zero-order chi connectivity index (χ0) is 17.2. The zero-order valence-electron chi connectivity index (χ0n) is 13.6. The lowest BCUT2D eigenvalue weighted by atomic mass is 10.2. The third-order valence-corrected chi connectivity index (χ3v) is 3.83. The first-order valence-corrected chi connectivity index (χ1v) is 7.91. The van der Waals surface area contributed by atoms with Crippen LogP contribution in [0.1, 0.15) is 15.9 Å². The van der Waals surface area contributed by atoms with Crippen LogP contribution in [0.15, 0.2) is 72.8 Å². The highest BCUT2D eigenvalue weighted by Gasteiger charge is 2.15. The number of fused-ring (bicyclic) bond motifs is 1. The number of hydrogen-bond donors (Lipinski definition) is 0. The minimum absolute atomic E-state index is 0.413. The maximum Gasteiger partial charge on any atom is 0.343 e. The lowest BCUT2D eigenvalue weighted by Gasteiger charge is -2.10. The van der Waals surface area contributed by atoms with Gasteiger partial charge in [0.25, 0.3) is 0 Å². The van der Waals surface area contributed by atoms with E-state index in [2.05, 4.69) is 10.2 Å². The summed E-state index contributed by atoms with van der Waals surface area (Å²) in [6.45, 7) is 1.94. The second kappa shape index (κ2) is 6.20. The van der Waals surface area contributed by atoms with E-state index in [-0.39, 0.29) is 0 Å². The third-order valence-electron chi connectivity index (χ3n) is 3.83. The molecule has 0 N–H and O–H groups in total. The molecule has 1 aromatic heterocycles. The van der Waals surface area contributed by atoms with Gasteiger partial charge >= 0.3 is 5.97 Å². The highest BCUT2D eigenvalue weighted by atomic mass is 16.5. The van der Waals surface area contributed by atoms with Crippen LogP contribution < -0.4 is 4.74 Å². The molecule has 0 spiro atoms. The normalized spacial score (nSPS) is 10.8. The smallest absolute Gasteiger partial charge is 0.343 e. The van der Waals surface area contributed by atoms with Crippen molar-refractivity contribution in [3.05, 3.63) is 83.9 Å². The van der Waals surface area contributed by atoms with E-state index in [1.54, 1.807) is 24.3 Å². The van der Waals surface area contributed by atoms with Gasteiger partial charge < -0.3 is 4.74 Å². The number of aromatic nitrogens is 3. The quantitative estimate of drug-likeness (QED) is 0.422. The molecule has 0 aliphatic rings. The van der Waals surface area contributed by atoms with Gasteiger partial charge in [0.15, 0.2) is 5.75 Å². The molecule has 0 amide bonds. The minimum Gasteiger partial charge on any atom is -0.421 e. The first-order valence-electron chi connectivity index (χ1n) is 7.91. The number of rotatable bonds is 3. The van der Waals surface area contributed by atoms with Crippen molar-refractivity contribution in [1.29, 1.82) is 0 Å². The van der Waals surface area contributed by atoms with Crippen LogP contribution in [-0.2, 0) is 0 Å². The Balaban J connectivity index is 1.75. The first-order chi connectivity index (χ1) is 12.2. The molecule has 0 fully saturated rings. The predicted octanol–water partition coefficient (Wildman–Crippen LogP) is 3.95. The van der Waals surface area contributed by atoms with Gasteiger partial charge in [0.05, 0.1) is 5.56 Å². The highest BCUT2D eigenvalue weighted by Crippen LogP contribution is 2.25. The van der Waals surface area contributed by atoms with Crippen LogP contribution in [0.4, 0.5) is 0 Å². The molecule has 122 valence electrons. The minimum atomic E-state index is -0.413. The number of nitrogens with zero attached hydrogens (tertiary/aromatic N) is 3.